The van der Waals surface area contributed by atoms with Crippen molar-refractivity contribution in [1.82, 2.24) is 24.8 Å². The Kier molecular flexibility index (Phi) is 9.32. The molecule has 0 aliphatic rings. The zero-order valence-corrected chi connectivity index (χ0v) is 21.6. The number of aromatic nitrogens is 4. The van der Waals surface area contributed by atoms with Gasteiger partial charge in [0.15, 0.2) is 11.5 Å². The Bertz CT molecular complexity index is 1190. The van der Waals surface area contributed by atoms with Gasteiger partial charge in [0.1, 0.15) is 6.23 Å². The van der Waals surface area contributed by atoms with Gasteiger partial charge in [-0.25, -0.2) is 15.0 Å². The largest absolute Gasteiger partial charge is 0.481 e. The van der Waals surface area contributed by atoms with Crippen LogP contribution in [0, 0.1) is 0 Å². The fourth-order valence-electron chi connectivity index (χ4n) is 3.59. The number of aliphatic hydroxyl groups is 2. The number of ether oxygens (including phenoxy) is 2. The number of nitrogens with one attached hydrogen (secondary N) is 1. The fourth-order valence-corrected chi connectivity index (χ4v) is 3.59. The molecule has 196 valence electrons. The van der Waals surface area contributed by atoms with Crippen molar-refractivity contribution in [3.05, 3.63) is 40.9 Å². The molecule has 3 rings (SSSR count). The van der Waals surface area contributed by atoms with Crippen LogP contribution in [0.1, 0.15) is 27.2 Å². The summed E-state index contributed by atoms with van der Waals surface area (Å²) in [6.07, 6.45) is 3.28. The van der Waals surface area contributed by atoms with Crippen LogP contribution in [-0.4, -0.2) is 82.0 Å². The molecular formula is C25H36N6O5. The number of likely N-dealkylation sites (N-methyl/N-ethyl adjacent to an activating group) is 1. The maximum atomic E-state index is 13.5. The summed E-state index contributed by atoms with van der Waals surface area (Å²) in [4.78, 5) is 28.4. The summed E-state index contributed by atoms with van der Waals surface area (Å²) < 4.78 is 12.4. The highest BCUT2D eigenvalue weighted by Crippen LogP contribution is 2.23. The lowest BCUT2D eigenvalue weighted by Gasteiger charge is -2.25. The van der Waals surface area contributed by atoms with Crippen molar-refractivity contribution in [1.29, 1.82) is 0 Å². The minimum atomic E-state index is -0.979. The van der Waals surface area contributed by atoms with Crippen LogP contribution < -0.4 is 20.5 Å². The number of pyridine rings is 2. The van der Waals surface area contributed by atoms with Gasteiger partial charge in [-0.05, 0) is 32.4 Å². The third-order valence-corrected chi connectivity index (χ3v) is 5.45. The monoisotopic (exact) mass is 500 g/mol. The highest BCUT2D eigenvalue weighted by Gasteiger charge is 2.20. The van der Waals surface area contributed by atoms with E-state index < -0.39 is 11.8 Å². The summed E-state index contributed by atoms with van der Waals surface area (Å²) in [5.41, 5.74) is 1.30. The number of nitrogens with zero attached hydrogens (tertiary/aromatic N) is 5. The van der Waals surface area contributed by atoms with E-state index in [0.29, 0.717) is 36.8 Å². The van der Waals surface area contributed by atoms with E-state index in [2.05, 4.69) is 20.3 Å². The molecule has 0 aromatic carbocycles. The smallest absolute Gasteiger partial charge is 0.294 e. The van der Waals surface area contributed by atoms with E-state index in [1.807, 2.05) is 19.1 Å². The van der Waals surface area contributed by atoms with Gasteiger partial charge in [0, 0.05) is 56.3 Å². The second-order valence-electron chi connectivity index (χ2n) is 9.25. The van der Waals surface area contributed by atoms with Crippen molar-refractivity contribution in [3.8, 4) is 17.0 Å². The van der Waals surface area contributed by atoms with Crippen LogP contribution in [0.4, 0.5) is 5.82 Å². The van der Waals surface area contributed by atoms with Crippen LogP contribution in [0.25, 0.3) is 22.3 Å². The standard InChI is InChI=1S/C25H36N6O5/c1-6-10-36-11-9-31-19-12-18(17-7-8-21(35-5)26-13-17)14-27-22(19)29-23(24(31)33)30(4)15-20(32)28-16-25(2,3)34/h7-8,12-14,20,28,32,34H,6,9-11,15-16H2,1-5H3. The van der Waals surface area contributed by atoms with Crippen molar-refractivity contribution >= 4 is 17.0 Å². The zero-order valence-electron chi connectivity index (χ0n) is 21.6. The molecule has 3 aromatic rings. The van der Waals surface area contributed by atoms with Crippen LogP contribution in [0.3, 0.4) is 0 Å². The van der Waals surface area contributed by atoms with Crippen molar-refractivity contribution in [2.24, 2.45) is 0 Å². The molecule has 0 aliphatic heterocycles. The second kappa shape index (κ2) is 12.2. The topological polar surface area (TPSA) is 135 Å². The molecule has 1 unspecified atom stereocenters. The van der Waals surface area contributed by atoms with Gasteiger partial charge in [0.05, 0.1) is 31.4 Å². The molecule has 3 N–H and O–H groups in total. The van der Waals surface area contributed by atoms with E-state index in [9.17, 15) is 15.0 Å². The fraction of sp³-hybridized carbons (Fsp3) is 0.520. The maximum Gasteiger partial charge on any atom is 0.294 e. The minimum Gasteiger partial charge on any atom is -0.481 e. The van der Waals surface area contributed by atoms with E-state index in [1.54, 1.807) is 55.9 Å². The van der Waals surface area contributed by atoms with Gasteiger partial charge in [0.2, 0.25) is 5.88 Å². The molecule has 0 amide bonds. The first kappa shape index (κ1) is 27.5. The SMILES string of the molecule is CCCOCCn1c(=O)c(N(C)CC(O)NCC(C)(C)O)nc2ncc(-c3ccc(OC)nc3)cc21. The van der Waals surface area contributed by atoms with E-state index in [1.165, 1.54) is 0 Å². The molecule has 0 saturated carbocycles. The molecule has 11 nitrogen and oxygen atoms in total. The highest BCUT2D eigenvalue weighted by molar-refractivity contribution is 5.79. The lowest BCUT2D eigenvalue weighted by Crippen LogP contribution is -2.46. The lowest BCUT2D eigenvalue weighted by molar-refractivity contribution is 0.0519. The number of fused-ring (bicyclic) bond motifs is 1. The lowest BCUT2D eigenvalue weighted by atomic mass is 10.1. The maximum absolute atomic E-state index is 13.5. The average Bonchev–Trinajstić information content (AvgIpc) is 2.85. The van der Waals surface area contributed by atoms with Crippen molar-refractivity contribution in [2.75, 3.05) is 45.4 Å². The summed E-state index contributed by atoms with van der Waals surface area (Å²) in [6.45, 7) is 6.87. The number of aliphatic hydroxyl groups excluding tert-OH is 1. The van der Waals surface area contributed by atoms with E-state index in [-0.39, 0.29) is 24.5 Å². The third kappa shape index (κ3) is 7.20. The quantitative estimate of drug-likeness (QED) is 0.233. The van der Waals surface area contributed by atoms with Crippen molar-refractivity contribution < 1.29 is 19.7 Å². The van der Waals surface area contributed by atoms with Gasteiger partial charge in [0.25, 0.3) is 5.56 Å². The zero-order chi connectivity index (χ0) is 26.3. The normalized spacial score (nSPS) is 12.6. The van der Waals surface area contributed by atoms with E-state index in [4.69, 9.17) is 9.47 Å². The van der Waals surface area contributed by atoms with Gasteiger partial charge < -0.3 is 24.6 Å². The van der Waals surface area contributed by atoms with Crippen molar-refractivity contribution in [3.63, 3.8) is 0 Å². The number of rotatable bonds is 13. The minimum absolute atomic E-state index is 0.0891. The Morgan fingerprint density at radius 1 is 1.19 bits per heavy atom. The summed E-state index contributed by atoms with van der Waals surface area (Å²) >= 11 is 0. The molecular weight excluding hydrogens is 464 g/mol. The Morgan fingerprint density at radius 3 is 2.58 bits per heavy atom. The number of methoxy groups -OCH3 is 1. The van der Waals surface area contributed by atoms with Crippen LogP contribution in [0.5, 0.6) is 5.88 Å². The molecule has 0 spiro atoms. The summed E-state index contributed by atoms with van der Waals surface area (Å²) in [5, 5.41) is 23.1. The van der Waals surface area contributed by atoms with Crippen LogP contribution in [0.2, 0.25) is 0 Å². The van der Waals surface area contributed by atoms with Crippen LogP contribution in [0.15, 0.2) is 35.4 Å². The highest BCUT2D eigenvalue weighted by atomic mass is 16.5. The number of anilines is 1. The van der Waals surface area contributed by atoms with E-state index >= 15 is 0 Å². The average molecular weight is 501 g/mol. The molecule has 11 heteroatoms. The number of hydrogen-bond acceptors (Lipinski definition) is 10. The first-order valence-corrected chi connectivity index (χ1v) is 12.0. The van der Waals surface area contributed by atoms with Crippen LogP contribution >= 0.6 is 0 Å². The molecule has 3 aromatic heterocycles. The predicted octanol–water partition coefficient (Wildman–Crippen LogP) is 1.40. The molecule has 1 atom stereocenters. The Balaban J connectivity index is 1.96. The Morgan fingerprint density at radius 2 is 1.94 bits per heavy atom. The second-order valence-corrected chi connectivity index (χ2v) is 9.25. The first-order chi connectivity index (χ1) is 17.1. The van der Waals surface area contributed by atoms with Gasteiger partial charge in [-0.3, -0.25) is 14.7 Å². The molecule has 3 heterocycles. The van der Waals surface area contributed by atoms with Crippen molar-refractivity contribution in [2.45, 2.75) is 45.6 Å². The third-order valence-electron chi connectivity index (χ3n) is 5.45. The number of hydrogen-bond donors (Lipinski definition) is 3. The van der Waals surface area contributed by atoms with Gasteiger partial charge in [-0.1, -0.05) is 6.92 Å². The Labute approximate surface area is 210 Å². The molecule has 0 aliphatic carbocycles. The van der Waals surface area contributed by atoms with Gasteiger partial charge in [-0.2, -0.15) is 0 Å². The first-order valence-electron chi connectivity index (χ1n) is 12.0. The Hall–Kier alpha value is -3.12. The molecule has 0 fully saturated rings. The van der Waals surface area contributed by atoms with Crippen LogP contribution in [-0.2, 0) is 11.3 Å². The van der Waals surface area contributed by atoms with Gasteiger partial charge in [-0.15, -0.1) is 0 Å². The molecule has 0 bridgehead atoms. The van der Waals surface area contributed by atoms with Gasteiger partial charge >= 0.3 is 0 Å². The molecule has 36 heavy (non-hydrogen) atoms. The molecule has 0 saturated heterocycles. The summed E-state index contributed by atoms with van der Waals surface area (Å²) in [7, 11) is 3.24. The van der Waals surface area contributed by atoms with E-state index in [0.717, 1.165) is 17.5 Å². The summed E-state index contributed by atoms with van der Waals surface area (Å²) in [5.74, 6) is 0.666. The predicted molar refractivity (Wildman–Crippen MR) is 138 cm³/mol. The summed E-state index contributed by atoms with van der Waals surface area (Å²) in [6, 6.07) is 5.50. The molecule has 0 radical (unpaired) electrons.